The second-order valence-corrected chi connectivity index (χ2v) is 12.9. The van der Waals surface area contributed by atoms with Crippen LogP contribution >= 0.6 is 11.3 Å². The standard InChI is InChI=1S/C37H28N4S/c1-37(2,3)25-13-15-26(16-14-25)41-31-9-5-4-7-27(31)29-19-23(11-17-32(29)41)24-12-18-33-30(20-24)35-28(8-6-10-34(35)42-33)36-39-21-38-22-40-36/h4-22H,1-3H3. The lowest BCUT2D eigenvalue weighted by Gasteiger charge is -2.19. The molecule has 0 spiro atoms. The molecule has 0 atom stereocenters. The Morgan fingerprint density at radius 3 is 2.12 bits per heavy atom. The van der Waals surface area contributed by atoms with E-state index >= 15 is 0 Å². The maximum Gasteiger partial charge on any atom is 0.163 e. The van der Waals surface area contributed by atoms with Crippen molar-refractivity contribution in [2.75, 3.05) is 0 Å². The molecule has 0 aliphatic heterocycles. The van der Waals surface area contributed by atoms with Crippen LogP contribution in [0.3, 0.4) is 0 Å². The van der Waals surface area contributed by atoms with E-state index in [0.29, 0.717) is 5.82 Å². The van der Waals surface area contributed by atoms with Gasteiger partial charge in [-0.15, -0.1) is 11.3 Å². The topological polar surface area (TPSA) is 43.6 Å². The molecule has 0 bridgehead atoms. The van der Waals surface area contributed by atoms with Gasteiger partial charge in [-0.3, -0.25) is 0 Å². The Hall–Kier alpha value is -4.87. The van der Waals surface area contributed by atoms with Crippen LogP contribution in [-0.2, 0) is 5.41 Å². The summed E-state index contributed by atoms with van der Waals surface area (Å²) in [7, 11) is 0. The Morgan fingerprint density at radius 1 is 0.619 bits per heavy atom. The van der Waals surface area contributed by atoms with Gasteiger partial charge in [0, 0.05) is 42.2 Å². The summed E-state index contributed by atoms with van der Waals surface area (Å²) in [6.07, 6.45) is 3.12. The Labute approximate surface area is 248 Å². The maximum absolute atomic E-state index is 4.45. The van der Waals surface area contributed by atoms with Crippen LogP contribution in [0.5, 0.6) is 0 Å². The van der Waals surface area contributed by atoms with Crippen molar-refractivity contribution < 1.29 is 0 Å². The third kappa shape index (κ3) is 3.92. The molecule has 0 fully saturated rings. The third-order valence-electron chi connectivity index (χ3n) is 8.23. The zero-order chi connectivity index (χ0) is 28.4. The normalized spacial score (nSPS) is 12.2. The van der Waals surface area contributed by atoms with Crippen LogP contribution in [-0.4, -0.2) is 19.5 Å². The van der Waals surface area contributed by atoms with Crippen LogP contribution in [0.1, 0.15) is 26.3 Å². The number of nitrogens with zero attached hydrogens (tertiary/aromatic N) is 4. The highest BCUT2D eigenvalue weighted by Gasteiger charge is 2.17. The SMILES string of the molecule is CC(C)(C)c1ccc(-n2c3ccccc3c3cc(-c4ccc5sc6cccc(-c7ncncn7)c6c5c4)ccc32)cc1. The van der Waals surface area contributed by atoms with E-state index in [1.54, 1.807) is 12.7 Å². The Bertz CT molecular complexity index is 2270. The van der Waals surface area contributed by atoms with Gasteiger partial charge in [0.1, 0.15) is 12.7 Å². The average Bonchev–Trinajstić information content (AvgIpc) is 3.56. The van der Waals surface area contributed by atoms with Crippen LogP contribution in [0.2, 0.25) is 0 Å². The van der Waals surface area contributed by atoms with Crippen molar-refractivity contribution in [3.63, 3.8) is 0 Å². The highest BCUT2D eigenvalue weighted by Crippen LogP contribution is 2.41. The van der Waals surface area contributed by atoms with E-state index in [2.05, 4.69) is 143 Å². The molecule has 0 aliphatic carbocycles. The van der Waals surface area contributed by atoms with E-state index in [1.165, 1.54) is 64.4 Å². The molecule has 0 radical (unpaired) electrons. The fraction of sp³-hybridized carbons (Fsp3) is 0.108. The van der Waals surface area contributed by atoms with E-state index < -0.39 is 0 Å². The fourth-order valence-corrected chi connectivity index (χ4v) is 7.22. The molecule has 8 rings (SSSR count). The van der Waals surface area contributed by atoms with Crippen molar-refractivity contribution in [1.82, 2.24) is 19.5 Å². The minimum absolute atomic E-state index is 0.120. The monoisotopic (exact) mass is 560 g/mol. The molecule has 8 aromatic rings. The largest absolute Gasteiger partial charge is 0.309 e. The number of fused-ring (bicyclic) bond motifs is 6. The van der Waals surface area contributed by atoms with Crippen LogP contribution in [0, 0.1) is 0 Å². The second kappa shape index (κ2) is 9.33. The van der Waals surface area contributed by atoms with Gasteiger partial charge in [0.05, 0.1) is 11.0 Å². The minimum Gasteiger partial charge on any atom is -0.309 e. The summed E-state index contributed by atoms with van der Waals surface area (Å²) >= 11 is 1.81. The lowest BCUT2D eigenvalue weighted by Crippen LogP contribution is -2.10. The highest BCUT2D eigenvalue weighted by molar-refractivity contribution is 7.25. The first kappa shape index (κ1) is 24.9. The quantitative estimate of drug-likeness (QED) is 0.216. The lowest BCUT2D eigenvalue weighted by atomic mass is 9.87. The van der Waals surface area contributed by atoms with Crippen molar-refractivity contribution in [3.05, 3.63) is 121 Å². The number of hydrogen-bond donors (Lipinski definition) is 0. The minimum atomic E-state index is 0.120. The zero-order valence-electron chi connectivity index (χ0n) is 23.7. The number of benzene rings is 5. The molecule has 202 valence electrons. The number of hydrogen-bond acceptors (Lipinski definition) is 4. The maximum atomic E-state index is 4.45. The van der Waals surface area contributed by atoms with Gasteiger partial charge in [-0.25, -0.2) is 15.0 Å². The first-order valence-electron chi connectivity index (χ1n) is 14.2. The molecule has 0 aliphatic rings. The number of thiophene rings is 1. The number of para-hydroxylation sites is 1. The molecular weight excluding hydrogens is 533 g/mol. The summed E-state index contributed by atoms with van der Waals surface area (Å²) in [5.41, 5.74) is 8.50. The predicted molar refractivity (Wildman–Crippen MR) is 177 cm³/mol. The third-order valence-corrected chi connectivity index (χ3v) is 9.36. The van der Waals surface area contributed by atoms with Gasteiger partial charge in [0.15, 0.2) is 5.82 Å². The first-order chi connectivity index (χ1) is 20.5. The summed E-state index contributed by atoms with van der Waals surface area (Å²) in [5, 5.41) is 4.93. The predicted octanol–water partition coefficient (Wildman–Crippen LogP) is 9.97. The van der Waals surface area contributed by atoms with E-state index in [9.17, 15) is 0 Å². The molecule has 42 heavy (non-hydrogen) atoms. The van der Waals surface area contributed by atoms with Gasteiger partial charge >= 0.3 is 0 Å². The summed E-state index contributed by atoms with van der Waals surface area (Å²) in [5.74, 6) is 0.700. The fourth-order valence-electron chi connectivity index (χ4n) is 6.11. The highest BCUT2D eigenvalue weighted by atomic mass is 32.1. The Morgan fingerprint density at radius 2 is 1.33 bits per heavy atom. The van der Waals surface area contributed by atoms with Crippen molar-refractivity contribution >= 4 is 53.3 Å². The Kier molecular flexibility index (Phi) is 5.53. The van der Waals surface area contributed by atoms with E-state index in [0.717, 1.165) is 5.56 Å². The van der Waals surface area contributed by atoms with Crippen molar-refractivity contribution in [3.8, 4) is 28.2 Å². The molecule has 5 aromatic carbocycles. The van der Waals surface area contributed by atoms with Gasteiger partial charge in [0.25, 0.3) is 0 Å². The summed E-state index contributed by atoms with van der Waals surface area (Å²) in [4.78, 5) is 12.9. The number of aromatic nitrogens is 4. The number of rotatable bonds is 3. The van der Waals surface area contributed by atoms with Crippen LogP contribution < -0.4 is 0 Å². The van der Waals surface area contributed by atoms with Gasteiger partial charge in [-0.05, 0) is 70.6 Å². The molecule has 0 saturated heterocycles. The smallest absolute Gasteiger partial charge is 0.163 e. The average molecular weight is 561 g/mol. The molecule has 4 nitrogen and oxygen atoms in total. The zero-order valence-corrected chi connectivity index (χ0v) is 24.5. The van der Waals surface area contributed by atoms with Gasteiger partial charge in [0.2, 0.25) is 0 Å². The van der Waals surface area contributed by atoms with Crippen molar-refractivity contribution in [2.24, 2.45) is 0 Å². The molecule has 5 heteroatoms. The van der Waals surface area contributed by atoms with E-state index in [4.69, 9.17) is 0 Å². The lowest BCUT2D eigenvalue weighted by molar-refractivity contribution is 0.590. The van der Waals surface area contributed by atoms with E-state index in [-0.39, 0.29) is 5.41 Å². The molecular formula is C37H28N4S. The second-order valence-electron chi connectivity index (χ2n) is 11.8. The molecule has 0 N–H and O–H groups in total. The van der Waals surface area contributed by atoms with Crippen LogP contribution in [0.25, 0.3) is 70.2 Å². The van der Waals surface area contributed by atoms with Crippen molar-refractivity contribution in [2.45, 2.75) is 26.2 Å². The van der Waals surface area contributed by atoms with Crippen LogP contribution in [0.4, 0.5) is 0 Å². The molecule has 0 amide bonds. The van der Waals surface area contributed by atoms with E-state index in [1.807, 2.05) is 11.3 Å². The molecule has 3 heterocycles. The van der Waals surface area contributed by atoms with Gasteiger partial charge < -0.3 is 4.57 Å². The molecule has 3 aromatic heterocycles. The summed E-state index contributed by atoms with van der Waals surface area (Å²) in [6, 6.07) is 37.8. The summed E-state index contributed by atoms with van der Waals surface area (Å²) in [6.45, 7) is 6.77. The first-order valence-corrected chi connectivity index (χ1v) is 15.0. The Balaban J connectivity index is 1.31. The molecule has 0 saturated carbocycles. The van der Waals surface area contributed by atoms with Gasteiger partial charge in [-0.1, -0.05) is 75.4 Å². The molecule has 0 unspecified atom stereocenters. The van der Waals surface area contributed by atoms with Crippen LogP contribution in [0.15, 0.2) is 116 Å². The summed E-state index contributed by atoms with van der Waals surface area (Å²) < 4.78 is 4.87. The van der Waals surface area contributed by atoms with Gasteiger partial charge in [-0.2, -0.15) is 0 Å². The van der Waals surface area contributed by atoms with Crippen molar-refractivity contribution in [1.29, 1.82) is 0 Å².